The van der Waals surface area contributed by atoms with Gasteiger partial charge in [-0.3, -0.25) is 14.9 Å². The summed E-state index contributed by atoms with van der Waals surface area (Å²) in [7, 11) is 1.32. The molecule has 0 aliphatic rings. The zero-order chi connectivity index (χ0) is 13.0. The number of hydrogen-bond acceptors (Lipinski definition) is 5. The highest BCUT2D eigenvalue weighted by Crippen LogP contribution is 2.22. The maximum Gasteiger partial charge on any atom is 0.269 e. The number of aliphatic hydroxyl groups is 1. The first-order valence-corrected chi connectivity index (χ1v) is 4.93. The van der Waals surface area contributed by atoms with Crippen molar-refractivity contribution < 1.29 is 19.6 Å². The van der Waals surface area contributed by atoms with Crippen LogP contribution in [0.2, 0.25) is 0 Å². The Morgan fingerprint density at radius 3 is 2.29 bits per heavy atom. The molecule has 6 heteroatoms. The van der Waals surface area contributed by atoms with E-state index in [0.717, 1.165) is 0 Å². The molecular weight excluding hydrogens is 226 g/mol. The van der Waals surface area contributed by atoms with Crippen molar-refractivity contribution >= 4 is 11.5 Å². The number of carbonyl (C=O) groups is 1. The second kappa shape index (κ2) is 5.51. The fraction of sp³-hybridized carbons (Fsp3) is 0.364. The summed E-state index contributed by atoms with van der Waals surface area (Å²) in [5.74, 6) is -0.307. The Hall–Kier alpha value is -1.79. The number of ketones is 1. The molecule has 6 nitrogen and oxygen atoms in total. The van der Waals surface area contributed by atoms with Gasteiger partial charge in [0.25, 0.3) is 5.69 Å². The Morgan fingerprint density at radius 2 is 1.94 bits per heavy atom. The zero-order valence-corrected chi connectivity index (χ0v) is 9.49. The summed E-state index contributed by atoms with van der Waals surface area (Å²) < 4.78 is 4.87. The number of Topliss-reactive ketones (excluding diaryl/α,β-unsaturated/α-hetero) is 1. The third-order valence-corrected chi connectivity index (χ3v) is 2.39. The number of nitro groups is 1. The Kier molecular flexibility index (Phi) is 4.30. The molecule has 0 radical (unpaired) electrons. The smallest absolute Gasteiger partial charge is 0.269 e. The second-order valence-corrected chi connectivity index (χ2v) is 3.56. The lowest BCUT2D eigenvalue weighted by molar-refractivity contribution is -0.384. The number of aliphatic hydroxyl groups excluding tert-OH is 1. The van der Waals surface area contributed by atoms with Gasteiger partial charge in [-0.1, -0.05) is 0 Å². The summed E-state index contributed by atoms with van der Waals surface area (Å²) in [6.07, 6.45) is -2.09. The van der Waals surface area contributed by atoms with Crippen LogP contribution in [0.25, 0.3) is 0 Å². The average molecular weight is 239 g/mol. The molecule has 0 spiro atoms. The first kappa shape index (κ1) is 13.3. The predicted molar refractivity (Wildman–Crippen MR) is 59.5 cm³/mol. The number of nitrogens with zero attached hydrogens (tertiary/aromatic N) is 1. The van der Waals surface area contributed by atoms with Gasteiger partial charge in [0, 0.05) is 19.2 Å². The molecule has 0 heterocycles. The second-order valence-electron chi connectivity index (χ2n) is 3.56. The van der Waals surface area contributed by atoms with Gasteiger partial charge in [0.05, 0.1) is 4.92 Å². The molecule has 0 saturated heterocycles. The molecule has 2 atom stereocenters. The Labute approximate surface area is 98.0 Å². The van der Waals surface area contributed by atoms with Crippen LogP contribution >= 0.6 is 0 Å². The molecule has 0 amide bonds. The van der Waals surface area contributed by atoms with Gasteiger partial charge in [-0.2, -0.15) is 0 Å². The van der Waals surface area contributed by atoms with Crippen LogP contribution < -0.4 is 0 Å². The van der Waals surface area contributed by atoms with Crippen molar-refractivity contribution in [2.24, 2.45) is 0 Å². The molecule has 92 valence electrons. The van der Waals surface area contributed by atoms with E-state index in [1.807, 2.05) is 0 Å². The van der Waals surface area contributed by atoms with Crippen LogP contribution in [0, 0.1) is 10.1 Å². The molecule has 1 aromatic rings. The maximum atomic E-state index is 11.2. The number of nitro benzene ring substituents is 1. The maximum absolute atomic E-state index is 11.2. The normalized spacial score (nSPS) is 14.1. The van der Waals surface area contributed by atoms with Gasteiger partial charge in [0.1, 0.15) is 12.2 Å². The number of hydrogen-bond donors (Lipinski definition) is 1. The highest BCUT2D eigenvalue weighted by molar-refractivity contribution is 5.81. The topological polar surface area (TPSA) is 89.7 Å². The van der Waals surface area contributed by atoms with Crippen LogP contribution in [0.3, 0.4) is 0 Å². The summed E-state index contributed by atoms with van der Waals surface area (Å²) in [5.41, 5.74) is 0.329. The van der Waals surface area contributed by atoms with Crippen molar-refractivity contribution in [3.63, 3.8) is 0 Å². The van der Waals surface area contributed by atoms with Gasteiger partial charge in [0.15, 0.2) is 5.78 Å². The lowest BCUT2D eigenvalue weighted by Crippen LogP contribution is -2.28. The molecule has 1 N–H and O–H groups in total. The van der Waals surface area contributed by atoms with Crippen LogP contribution in [0.1, 0.15) is 18.6 Å². The largest absolute Gasteiger partial charge is 0.385 e. The van der Waals surface area contributed by atoms with Gasteiger partial charge in [-0.25, -0.2) is 0 Å². The number of methoxy groups -OCH3 is 1. The van der Waals surface area contributed by atoms with Crippen molar-refractivity contribution in [1.29, 1.82) is 0 Å². The number of ether oxygens (including phenoxy) is 1. The van der Waals surface area contributed by atoms with Gasteiger partial charge in [0.2, 0.25) is 0 Å². The van der Waals surface area contributed by atoms with Crippen LogP contribution in [0.5, 0.6) is 0 Å². The molecule has 0 aliphatic carbocycles. The molecule has 0 saturated carbocycles. The average Bonchev–Trinajstić information content (AvgIpc) is 2.29. The number of benzene rings is 1. The molecule has 1 aromatic carbocycles. The quantitative estimate of drug-likeness (QED) is 0.616. The monoisotopic (exact) mass is 239 g/mol. The van der Waals surface area contributed by atoms with E-state index in [1.54, 1.807) is 0 Å². The Balaban J connectivity index is 2.92. The van der Waals surface area contributed by atoms with E-state index in [1.165, 1.54) is 38.3 Å². The summed E-state index contributed by atoms with van der Waals surface area (Å²) in [5, 5.41) is 20.3. The number of non-ortho nitro benzene ring substituents is 1. The minimum atomic E-state index is -1.13. The first-order valence-electron chi connectivity index (χ1n) is 4.93. The number of rotatable bonds is 5. The summed E-state index contributed by atoms with van der Waals surface area (Å²) in [6.45, 7) is 1.31. The van der Waals surface area contributed by atoms with E-state index >= 15 is 0 Å². The SMILES string of the molecule is CO[C@@H](C(C)=O)[C@@H](O)c1ccc([N+](=O)[O-])cc1. The van der Waals surface area contributed by atoms with Crippen LogP contribution in [-0.2, 0) is 9.53 Å². The molecule has 0 aliphatic heterocycles. The predicted octanol–water partition coefficient (Wildman–Crippen LogP) is 1.23. The van der Waals surface area contributed by atoms with Gasteiger partial charge >= 0.3 is 0 Å². The first-order chi connectivity index (χ1) is 7.97. The minimum absolute atomic E-state index is 0.0715. The fourth-order valence-corrected chi connectivity index (χ4v) is 1.49. The van der Waals surface area contributed by atoms with Crippen LogP contribution in [-0.4, -0.2) is 29.0 Å². The van der Waals surface area contributed by atoms with Crippen molar-refractivity contribution in [3.8, 4) is 0 Å². The molecule has 17 heavy (non-hydrogen) atoms. The van der Waals surface area contributed by atoms with Gasteiger partial charge in [-0.05, 0) is 24.6 Å². The third-order valence-electron chi connectivity index (χ3n) is 2.39. The molecule has 0 aromatic heterocycles. The van der Waals surface area contributed by atoms with Gasteiger partial charge < -0.3 is 9.84 Å². The molecule has 0 bridgehead atoms. The lowest BCUT2D eigenvalue weighted by atomic mass is 10.0. The zero-order valence-electron chi connectivity index (χ0n) is 9.49. The van der Waals surface area contributed by atoms with Crippen LogP contribution in [0.4, 0.5) is 5.69 Å². The van der Waals surface area contributed by atoms with Crippen molar-refractivity contribution in [2.75, 3.05) is 7.11 Å². The van der Waals surface area contributed by atoms with Crippen molar-refractivity contribution in [1.82, 2.24) is 0 Å². The molecule has 0 unspecified atom stereocenters. The van der Waals surface area contributed by atoms with E-state index in [4.69, 9.17) is 4.74 Å². The fourth-order valence-electron chi connectivity index (χ4n) is 1.49. The highest BCUT2D eigenvalue weighted by atomic mass is 16.6. The molecular formula is C11H13NO5. The summed E-state index contributed by atoms with van der Waals surface area (Å²) in [6, 6.07) is 5.34. The highest BCUT2D eigenvalue weighted by Gasteiger charge is 2.25. The van der Waals surface area contributed by atoms with E-state index in [0.29, 0.717) is 5.56 Å². The summed E-state index contributed by atoms with van der Waals surface area (Å²) >= 11 is 0. The Morgan fingerprint density at radius 1 is 1.41 bits per heavy atom. The van der Waals surface area contributed by atoms with Crippen molar-refractivity contribution in [3.05, 3.63) is 39.9 Å². The lowest BCUT2D eigenvalue weighted by Gasteiger charge is -2.19. The Bertz CT molecular complexity index is 414. The number of carbonyl (C=O) groups excluding carboxylic acids is 1. The van der Waals surface area contributed by atoms with E-state index in [2.05, 4.69) is 0 Å². The van der Waals surface area contributed by atoms with Crippen molar-refractivity contribution in [2.45, 2.75) is 19.1 Å². The molecule has 0 fully saturated rings. The van der Waals surface area contributed by atoms with E-state index < -0.39 is 17.1 Å². The standard InChI is InChI=1S/C11H13NO5/c1-7(13)11(17-2)10(14)8-3-5-9(6-4-8)12(15)16/h3-6,10-11,14H,1-2H3/t10-,11-/m0/s1. The third kappa shape index (κ3) is 3.08. The molecule has 1 rings (SSSR count). The summed E-state index contributed by atoms with van der Waals surface area (Å²) in [4.78, 5) is 21.1. The van der Waals surface area contributed by atoms with Crippen LogP contribution in [0.15, 0.2) is 24.3 Å². The van der Waals surface area contributed by atoms with Gasteiger partial charge in [-0.15, -0.1) is 0 Å². The van der Waals surface area contributed by atoms with E-state index in [-0.39, 0.29) is 11.5 Å². The minimum Gasteiger partial charge on any atom is -0.385 e. The van der Waals surface area contributed by atoms with E-state index in [9.17, 15) is 20.0 Å².